The lowest BCUT2D eigenvalue weighted by Gasteiger charge is -2.18. The molecule has 0 aromatic heterocycles. The Morgan fingerprint density at radius 2 is 2.00 bits per heavy atom. The Labute approximate surface area is 110 Å². The summed E-state index contributed by atoms with van der Waals surface area (Å²) in [7, 11) is -3.03. The molecule has 0 aliphatic carbocycles. The van der Waals surface area contributed by atoms with Gasteiger partial charge in [-0.2, -0.15) is 5.26 Å². The van der Waals surface area contributed by atoms with E-state index in [1.807, 2.05) is 24.3 Å². The first-order valence-electron chi connectivity index (χ1n) is 5.31. The van der Waals surface area contributed by atoms with Crippen LogP contribution in [-0.2, 0) is 16.3 Å². The van der Waals surface area contributed by atoms with Crippen molar-refractivity contribution < 1.29 is 8.42 Å². The minimum absolute atomic E-state index is 0.00738. The number of rotatable bonds is 2. The molecule has 1 unspecified atom stereocenters. The first kappa shape index (κ1) is 12.6. The molecule has 0 radical (unpaired) electrons. The van der Waals surface area contributed by atoms with E-state index in [9.17, 15) is 13.7 Å². The minimum Gasteiger partial charge on any atom is -0.229 e. The van der Waals surface area contributed by atoms with Crippen molar-refractivity contribution in [2.45, 2.75) is 12.8 Å². The fourth-order valence-corrected chi connectivity index (χ4v) is 4.44. The summed E-state index contributed by atoms with van der Waals surface area (Å²) in [6.45, 7) is 0. The number of nitrogens with zero attached hydrogens (tertiary/aromatic N) is 1. The molecule has 0 amide bonds. The van der Waals surface area contributed by atoms with Crippen LogP contribution in [0.2, 0.25) is 0 Å². The van der Waals surface area contributed by atoms with E-state index in [4.69, 9.17) is 0 Å². The number of halogens is 1. The number of sulfone groups is 1. The van der Waals surface area contributed by atoms with Crippen molar-refractivity contribution in [3.63, 3.8) is 0 Å². The Bertz CT molecular complexity index is 559. The molecule has 3 nitrogen and oxygen atoms in total. The van der Waals surface area contributed by atoms with Crippen LogP contribution in [0.1, 0.15) is 12.0 Å². The zero-order valence-corrected chi connectivity index (χ0v) is 11.6. The lowest BCUT2D eigenvalue weighted by molar-refractivity contribution is 0.451. The van der Waals surface area contributed by atoms with Gasteiger partial charge in [-0.25, -0.2) is 8.42 Å². The topological polar surface area (TPSA) is 57.9 Å². The van der Waals surface area contributed by atoms with Gasteiger partial charge < -0.3 is 0 Å². The third-order valence-electron chi connectivity index (χ3n) is 3.08. The lowest BCUT2D eigenvalue weighted by Crippen LogP contribution is -2.23. The number of benzene rings is 1. The van der Waals surface area contributed by atoms with E-state index in [1.165, 1.54) is 0 Å². The second-order valence-electron chi connectivity index (χ2n) is 4.54. The van der Waals surface area contributed by atoms with Crippen LogP contribution in [0.5, 0.6) is 0 Å². The second-order valence-corrected chi connectivity index (χ2v) is 7.64. The van der Waals surface area contributed by atoms with Crippen molar-refractivity contribution in [3.05, 3.63) is 34.3 Å². The van der Waals surface area contributed by atoms with Gasteiger partial charge >= 0.3 is 0 Å². The van der Waals surface area contributed by atoms with Crippen molar-refractivity contribution in [3.8, 4) is 6.07 Å². The SMILES string of the molecule is N#CC1(Cc2ccc(Br)cc2)CCS(=O)(=O)C1. The summed E-state index contributed by atoms with van der Waals surface area (Å²) in [5, 5.41) is 9.24. The predicted octanol–water partition coefficient (Wildman–Crippen LogP) is 2.32. The first-order chi connectivity index (χ1) is 7.95. The summed E-state index contributed by atoms with van der Waals surface area (Å²) in [6.07, 6.45) is 0.956. The van der Waals surface area contributed by atoms with Crippen LogP contribution >= 0.6 is 15.9 Å². The third kappa shape index (κ3) is 2.88. The molecule has 0 bridgehead atoms. The highest BCUT2D eigenvalue weighted by Crippen LogP contribution is 2.35. The Hall–Kier alpha value is -0.860. The van der Waals surface area contributed by atoms with Crippen molar-refractivity contribution >= 4 is 25.8 Å². The van der Waals surface area contributed by atoms with Gasteiger partial charge in [-0.3, -0.25) is 0 Å². The summed E-state index contributed by atoms with van der Waals surface area (Å²) in [5.74, 6) is 0.129. The quantitative estimate of drug-likeness (QED) is 0.842. The van der Waals surface area contributed by atoms with Crippen LogP contribution in [0, 0.1) is 16.7 Å². The third-order valence-corrected chi connectivity index (χ3v) is 5.43. The van der Waals surface area contributed by atoms with Gasteiger partial charge in [0, 0.05) is 4.47 Å². The van der Waals surface area contributed by atoms with Gasteiger partial charge in [0.1, 0.15) is 0 Å². The summed E-state index contributed by atoms with van der Waals surface area (Å²) < 4.78 is 24.0. The van der Waals surface area contributed by atoms with Gasteiger partial charge in [-0.15, -0.1) is 0 Å². The molecule has 1 saturated heterocycles. The van der Waals surface area contributed by atoms with Crippen LogP contribution in [0.25, 0.3) is 0 Å². The molecule has 0 N–H and O–H groups in total. The Balaban J connectivity index is 2.22. The average Bonchev–Trinajstić information content (AvgIpc) is 2.59. The summed E-state index contributed by atoms with van der Waals surface area (Å²) in [4.78, 5) is 0. The molecule has 1 aliphatic heterocycles. The van der Waals surface area contributed by atoms with E-state index in [2.05, 4.69) is 22.0 Å². The molecule has 90 valence electrons. The maximum atomic E-state index is 11.5. The average molecular weight is 314 g/mol. The fraction of sp³-hybridized carbons (Fsp3) is 0.417. The molecule has 1 atom stereocenters. The van der Waals surface area contributed by atoms with E-state index in [-0.39, 0.29) is 11.5 Å². The maximum absolute atomic E-state index is 11.5. The monoisotopic (exact) mass is 313 g/mol. The van der Waals surface area contributed by atoms with Gasteiger partial charge in [0.05, 0.1) is 23.0 Å². The first-order valence-corrected chi connectivity index (χ1v) is 7.92. The highest BCUT2D eigenvalue weighted by atomic mass is 79.9. The molecule has 1 heterocycles. The van der Waals surface area contributed by atoms with Crippen molar-refractivity contribution in [2.75, 3.05) is 11.5 Å². The van der Waals surface area contributed by atoms with Crippen LogP contribution in [-0.4, -0.2) is 19.9 Å². The highest BCUT2D eigenvalue weighted by Gasteiger charge is 2.42. The molecule has 1 aromatic carbocycles. The number of nitriles is 1. The van der Waals surface area contributed by atoms with E-state index in [1.54, 1.807) is 0 Å². The lowest BCUT2D eigenvalue weighted by atomic mass is 9.83. The number of hydrogen-bond donors (Lipinski definition) is 0. The Morgan fingerprint density at radius 3 is 2.47 bits per heavy atom. The van der Waals surface area contributed by atoms with Crippen molar-refractivity contribution in [2.24, 2.45) is 5.41 Å². The summed E-state index contributed by atoms with van der Waals surface area (Å²) in [5.41, 5.74) is 0.277. The Morgan fingerprint density at radius 1 is 1.35 bits per heavy atom. The smallest absolute Gasteiger partial charge is 0.151 e. The summed E-state index contributed by atoms with van der Waals surface area (Å²) >= 11 is 3.35. The maximum Gasteiger partial charge on any atom is 0.151 e. The second kappa shape index (κ2) is 4.43. The molecular formula is C12H12BrNO2S. The minimum atomic E-state index is -3.03. The molecule has 1 aliphatic rings. The molecule has 1 fully saturated rings. The van der Waals surface area contributed by atoms with E-state index >= 15 is 0 Å². The van der Waals surface area contributed by atoms with Crippen LogP contribution in [0.3, 0.4) is 0 Å². The van der Waals surface area contributed by atoms with Crippen LogP contribution in [0.4, 0.5) is 0 Å². The van der Waals surface area contributed by atoms with E-state index in [0.29, 0.717) is 12.8 Å². The van der Waals surface area contributed by atoms with Gasteiger partial charge in [0.2, 0.25) is 0 Å². The standard InChI is InChI=1S/C12H12BrNO2S/c13-11-3-1-10(2-4-11)7-12(8-14)5-6-17(15,16)9-12/h1-4H,5-7,9H2. The number of hydrogen-bond acceptors (Lipinski definition) is 3. The van der Waals surface area contributed by atoms with Gasteiger partial charge in [0.25, 0.3) is 0 Å². The molecule has 1 aromatic rings. The molecule has 17 heavy (non-hydrogen) atoms. The zero-order valence-electron chi connectivity index (χ0n) is 9.19. The fourth-order valence-electron chi connectivity index (χ4n) is 2.18. The molecular weight excluding hydrogens is 302 g/mol. The van der Waals surface area contributed by atoms with E-state index < -0.39 is 15.3 Å². The predicted molar refractivity (Wildman–Crippen MR) is 69.2 cm³/mol. The molecule has 0 saturated carbocycles. The van der Waals surface area contributed by atoms with E-state index in [0.717, 1.165) is 10.0 Å². The van der Waals surface area contributed by atoms with Crippen LogP contribution in [0.15, 0.2) is 28.7 Å². The molecule has 5 heteroatoms. The largest absolute Gasteiger partial charge is 0.229 e. The summed E-state index contributed by atoms with van der Waals surface area (Å²) in [6, 6.07) is 9.87. The molecule has 2 rings (SSSR count). The highest BCUT2D eigenvalue weighted by molar-refractivity contribution is 9.10. The van der Waals surface area contributed by atoms with Crippen molar-refractivity contribution in [1.82, 2.24) is 0 Å². The zero-order chi connectivity index (χ0) is 12.5. The molecule has 0 spiro atoms. The van der Waals surface area contributed by atoms with Crippen molar-refractivity contribution in [1.29, 1.82) is 5.26 Å². The Kier molecular flexibility index (Phi) is 3.28. The normalized spacial score (nSPS) is 26.6. The van der Waals surface area contributed by atoms with Gasteiger partial charge in [-0.05, 0) is 30.5 Å². The van der Waals surface area contributed by atoms with Gasteiger partial charge in [-0.1, -0.05) is 28.1 Å². The van der Waals surface area contributed by atoms with Gasteiger partial charge in [0.15, 0.2) is 9.84 Å². The van der Waals surface area contributed by atoms with Crippen LogP contribution < -0.4 is 0 Å².